The molecule has 0 fully saturated rings. The molecule has 1 heterocycles. The molecule has 24 heavy (non-hydrogen) atoms. The van der Waals surface area contributed by atoms with Crippen LogP contribution in [0.1, 0.15) is 13.3 Å². The summed E-state index contributed by atoms with van der Waals surface area (Å²) in [5.74, 6) is 6.52. The SMILES string of the molecule is C[C@H](Sc1nnc(-c2ccccc2Br)n1N)C(=O)N(C)CCC#N. The molecule has 0 saturated heterocycles. The van der Waals surface area contributed by atoms with Crippen molar-refractivity contribution in [2.24, 2.45) is 0 Å². The van der Waals surface area contributed by atoms with Crippen LogP contribution in [0.15, 0.2) is 33.9 Å². The van der Waals surface area contributed by atoms with Gasteiger partial charge in [-0.05, 0) is 19.1 Å². The molecular formula is C15H17BrN6OS. The van der Waals surface area contributed by atoms with E-state index in [4.69, 9.17) is 11.1 Å². The molecule has 0 spiro atoms. The van der Waals surface area contributed by atoms with E-state index >= 15 is 0 Å². The van der Waals surface area contributed by atoms with Crippen LogP contribution in [0, 0.1) is 11.3 Å². The lowest BCUT2D eigenvalue weighted by molar-refractivity contribution is -0.128. The van der Waals surface area contributed by atoms with Gasteiger partial charge in [0.25, 0.3) is 0 Å². The van der Waals surface area contributed by atoms with Gasteiger partial charge in [-0.2, -0.15) is 5.26 Å². The molecule has 0 unspecified atom stereocenters. The summed E-state index contributed by atoms with van der Waals surface area (Å²) >= 11 is 4.70. The van der Waals surface area contributed by atoms with Gasteiger partial charge in [-0.25, -0.2) is 4.68 Å². The van der Waals surface area contributed by atoms with Gasteiger partial charge in [0.1, 0.15) is 0 Å². The normalized spacial score (nSPS) is 11.8. The average molecular weight is 409 g/mol. The summed E-state index contributed by atoms with van der Waals surface area (Å²) in [6.07, 6.45) is 0.304. The molecule has 1 atom stereocenters. The molecule has 2 aromatic rings. The van der Waals surface area contributed by atoms with Gasteiger partial charge in [0, 0.05) is 23.6 Å². The van der Waals surface area contributed by atoms with E-state index in [0.29, 0.717) is 23.9 Å². The largest absolute Gasteiger partial charge is 0.344 e. The van der Waals surface area contributed by atoms with Crippen LogP contribution < -0.4 is 5.84 Å². The first-order chi connectivity index (χ1) is 11.5. The number of benzene rings is 1. The first kappa shape index (κ1) is 18.3. The Balaban J connectivity index is 2.13. The Morgan fingerprint density at radius 3 is 2.88 bits per heavy atom. The van der Waals surface area contributed by atoms with Crippen molar-refractivity contribution in [2.75, 3.05) is 19.4 Å². The van der Waals surface area contributed by atoms with Crippen molar-refractivity contribution in [2.45, 2.75) is 23.8 Å². The minimum atomic E-state index is -0.382. The molecule has 7 nitrogen and oxygen atoms in total. The molecular weight excluding hydrogens is 392 g/mol. The highest BCUT2D eigenvalue weighted by Gasteiger charge is 2.22. The first-order valence-corrected chi connectivity index (χ1v) is 8.87. The summed E-state index contributed by atoms with van der Waals surface area (Å²) in [7, 11) is 1.68. The van der Waals surface area contributed by atoms with Gasteiger partial charge in [-0.15, -0.1) is 10.2 Å². The van der Waals surface area contributed by atoms with Crippen LogP contribution in [-0.4, -0.2) is 44.5 Å². The number of halogens is 1. The summed E-state index contributed by atoms with van der Waals surface area (Å²) in [6, 6.07) is 9.60. The Morgan fingerprint density at radius 1 is 1.50 bits per heavy atom. The Hall–Kier alpha value is -2.05. The zero-order chi connectivity index (χ0) is 17.7. The fraction of sp³-hybridized carbons (Fsp3) is 0.333. The van der Waals surface area contributed by atoms with Crippen LogP contribution >= 0.6 is 27.7 Å². The van der Waals surface area contributed by atoms with Gasteiger partial charge in [0.2, 0.25) is 11.1 Å². The Labute approximate surface area is 152 Å². The van der Waals surface area contributed by atoms with Gasteiger partial charge >= 0.3 is 0 Å². The fourth-order valence-corrected chi connectivity index (χ4v) is 3.38. The summed E-state index contributed by atoms with van der Waals surface area (Å²) in [5.41, 5.74) is 0.824. The summed E-state index contributed by atoms with van der Waals surface area (Å²) < 4.78 is 2.24. The topological polar surface area (TPSA) is 101 Å². The minimum absolute atomic E-state index is 0.0827. The lowest BCUT2D eigenvalue weighted by Crippen LogP contribution is -2.34. The molecule has 0 saturated carbocycles. The van der Waals surface area contributed by atoms with Crippen molar-refractivity contribution in [1.82, 2.24) is 19.8 Å². The predicted molar refractivity (Wildman–Crippen MR) is 96.5 cm³/mol. The van der Waals surface area contributed by atoms with E-state index in [2.05, 4.69) is 26.1 Å². The monoisotopic (exact) mass is 408 g/mol. The second kappa shape index (κ2) is 8.17. The van der Waals surface area contributed by atoms with Gasteiger partial charge in [0.05, 0.1) is 17.7 Å². The maximum Gasteiger partial charge on any atom is 0.235 e. The van der Waals surface area contributed by atoms with E-state index in [9.17, 15) is 4.79 Å². The molecule has 0 aliphatic rings. The van der Waals surface area contributed by atoms with Crippen LogP contribution in [0.25, 0.3) is 11.4 Å². The molecule has 0 aliphatic carbocycles. The fourth-order valence-electron chi connectivity index (χ4n) is 2.03. The lowest BCUT2D eigenvalue weighted by atomic mass is 10.2. The standard InChI is InChI=1S/C15H17BrN6OS/c1-10(14(23)21(2)9-5-8-17)24-15-20-19-13(22(15)18)11-6-3-4-7-12(11)16/h3-4,6-7,10H,5,9,18H2,1-2H3/t10-/m0/s1. The molecule has 126 valence electrons. The number of aromatic nitrogens is 3. The number of amides is 1. The molecule has 0 radical (unpaired) electrons. The summed E-state index contributed by atoms with van der Waals surface area (Å²) in [6.45, 7) is 2.18. The van der Waals surface area contributed by atoms with Crippen molar-refractivity contribution >= 4 is 33.6 Å². The lowest BCUT2D eigenvalue weighted by Gasteiger charge is -2.19. The zero-order valence-electron chi connectivity index (χ0n) is 13.3. The van der Waals surface area contributed by atoms with Crippen molar-refractivity contribution in [3.8, 4) is 17.5 Å². The molecule has 0 aliphatic heterocycles. The molecule has 1 aromatic heterocycles. The predicted octanol–water partition coefficient (Wildman–Crippen LogP) is 2.27. The minimum Gasteiger partial charge on any atom is -0.344 e. The number of nitrogen functional groups attached to an aromatic ring is 1. The number of hydrogen-bond donors (Lipinski definition) is 1. The number of thioether (sulfide) groups is 1. The summed E-state index contributed by atoms with van der Waals surface area (Å²) in [4.78, 5) is 13.8. The number of rotatable bonds is 6. The Morgan fingerprint density at radius 2 is 2.21 bits per heavy atom. The van der Waals surface area contributed by atoms with E-state index < -0.39 is 0 Å². The van der Waals surface area contributed by atoms with E-state index in [1.807, 2.05) is 30.3 Å². The number of nitrogens with zero attached hydrogens (tertiary/aromatic N) is 5. The number of carbonyl (C=O) groups is 1. The van der Waals surface area contributed by atoms with Crippen LogP contribution in [0.3, 0.4) is 0 Å². The third-order valence-corrected chi connectivity index (χ3v) is 5.08. The number of carbonyl (C=O) groups excluding carboxylic acids is 1. The van der Waals surface area contributed by atoms with Gasteiger partial charge in [-0.3, -0.25) is 4.79 Å². The number of nitriles is 1. The van der Waals surface area contributed by atoms with Crippen molar-refractivity contribution < 1.29 is 4.79 Å². The van der Waals surface area contributed by atoms with E-state index in [0.717, 1.165) is 10.0 Å². The second-order valence-electron chi connectivity index (χ2n) is 5.08. The number of nitrogens with two attached hydrogens (primary N) is 1. The first-order valence-electron chi connectivity index (χ1n) is 7.19. The van der Waals surface area contributed by atoms with Gasteiger partial charge in [0.15, 0.2) is 5.82 Å². The smallest absolute Gasteiger partial charge is 0.235 e. The average Bonchev–Trinajstić information content (AvgIpc) is 2.93. The van der Waals surface area contributed by atoms with Crippen molar-refractivity contribution in [3.05, 3.63) is 28.7 Å². The molecule has 1 amide bonds. The maximum atomic E-state index is 12.3. The molecule has 9 heteroatoms. The van der Waals surface area contributed by atoms with Crippen LogP contribution in [-0.2, 0) is 4.79 Å². The highest BCUT2D eigenvalue weighted by Crippen LogP contribution is 2.29. The van der Waals surface area contributed by atoms with Crippen molar-refractivity contribution in [1.29, 1.82) is 5.26 Å². The molecule has 2 N–H and O–H groups in total. The Bertz CT molecular complexity index is 772. The highest BCUT2D eigenvalue weighted by atomic mass is 79.9. The van der Waals surface area contributed by atoms with Crippen LogP contribution in [0.4, 0.5) is 0 Å². The Kier molecular flexibility index (Phi) is 6.23. The maximum absolute atomic E-state index is 12.3. The van der Waals surface area contributed by atoms with Gasteiger partial charge < -0.3 is 10.7 Å². The third kappa shape index (κ3) is 4.07. The van der Waals surface area contributed by atoms with Crippen LogP contribution in [0.2, 0.25) is 0 Å². The van der Waals surface area contributed by atoms with Gasteiger partial charge in [-0.1, -0.05) is 39.8 Å². The molecule has 0 bridgehead atoms. The second-order valence-corrected chi connectivity index (χ2v) is 7.25. The molecule has 2 rings (SSSR count). The van der Waals surface area contributed by atoms with E-state index in [1.54, 1.807) is 14.0 Å². The quantitative estimate of drug-likeness (QED) is 0.580. The highest BCUT2D eigenvalue weighted by molar-refractivity contribution is 9.10. The molecule has 1 aromatic carbocycles. The third-order valence-electron chi connectivity index (χ3n) is 3.34. The zero-order valence-corrected chi connectivity index (χ0v) is 15.7. The van der Waals surface area contributed by atoms with Crippen molar-refractivity contribution in [3.63, 3.8) is 0 Å². The van der Waals surface area contributed by atoms with E-state index in [1.165, 1.54) is 21.3 Å². The van der Waals surface area contributed by atoms with Crippen LogP contribution in [0.5, 0.6) is 0 Å². The van der Waals surface area contributed by atoms with E-state index in [-0.39, 0.29) is 11.2 Å². The number of hydrogen-bond acceptors (Lipinski definition) is 6. The summed E-state index contributed by atoms with van der Waals surface area (Å²) in [5, 5.41) is 16.9.